The number of nitrogens with one attached hydrogen (secondary N) is 1. The van der Waals surface area contributed by atoms with Gasteiger partial charge in [-0.15, -0.1) is 11.3 Å². The fourth-order valence-corrected chi connectivity index (χ4v) is 4.67. The third kappa shape index (κ3) is 3.83. The van der Waals surface area contributed by atoms with Crippen molar-refractivity contribution < 1.29 is 4.79 Å². The highest BCUT2D eigenvalue weighted by Crippen LogP contribution is 2.32. The molecule has 0 saturated carbocycles. The van der Waals surface area contributed by atoms with Crippen molar-refractivity contribution in [3.63, 3.8) is 0 Å². The Morgan fingerprint density at radius 2 is 1.87 bits per heavy atom. The zero-order valence-corrected chi connectivity index (χ0v) is 17.8. The number of halogens is 1. The first kappa shape index (κ1) is 19.5. The number of fused-ring (bicyclic) bond motifs is 2. The van der Waals surface area contributed by atoms with Gasteiger partial charge in [0.15, 0.2) is 0 Å². The number of hydrogen-bond donors (Lipinski definition) is 1. The molecule has 0 aliphatic rings. The predicted octanol–water partition coefficient (Wildman–Crippen LogP) is 5.57. The van der Waals surface area contributed by atoms with Crippen LogP contribution < -0.4 is 10.9 Å². The minimum atomic E-state index is -0.326. The van der Waals surface area contributed by atoms with E-state index in [2.05, 4.69) is 22.4 Å². The van der Waals surface area contributed by atoms with Crippen LogP contribution >= 0.6 is 22.9 Å². The third-order valence-electron chi connectivity index (χ3n) is 5.04. The molecule has 0 aliphatic heterocycles. The Kier molecular flexibility index (Phi) is 5.02. The average Bonchev–Trinajstić information content (AvgIpc) is 3.20. The number of carbonyl (C=O) groups is 1. The van der Waals surface area contributed by atoms with Gasteiger partial charge in [0, 0.05) is 21.7 Å². The molecule has 2 aromatic heterocycles. The molecule has 5 rings (SSSR count). The molecule has 0 fully saturated rings. The number of thiophene rings is 1. The molecule has 7 heteroatoms. The molecule has 0 radical (unpaired) electrons. The number of anilines is 1. The molecule has 5 nitrogen and oxygen atoms in total. The van der Waals surface area contributed by atoms with Gasteiger partial charge in [-0.2, -0.15) is 0 Å². The van der Waals surface area contributed by atoms with Gasteiger partial charge in [-0.3, -0.25) is 14.2 Å². The molecule has 0 unspecified atom stereocenters. The van der Waals surface area contributed by atoms with Gasteiger partial charge in [0.05, 0.1) is 11.7 Å². The third-order valence-corrected chi connectivity index (χ3v) is 6.16. The molecule has 152 valence electrons. The van der Waals surface area contributed by atoms with E-state index in [1.54, 1.807) is 24.3 Å². The first-order valence-electron chi connectivity index (χ1n) is 9.60. The first-order chi connectivity index (χ1) is 15.1. The second-order valence-corrected chi connectivity index (χ2v) is 8.42. The highest BCUT2D eigenvalue weighted by molar-refractivity contribution is 7.17. The minimum absolute atomic E-state index is 0.138. The van der Waals surface area contributed by atoms with Crippen molar-refractivity contribution >= 4 is 55.5 Å². The number of benzene rings is 3. The minimum Gasteiger partial charge on any atom is -0.324 e. The zero-order valence-electron chi connectivity index (χ0n) is 16.2. The lowest BCUT2D eigenvalue weighted by Crippen LogP contribution is -2.27. The number of amides is 1. The topological polar surface area (TPSA) is 64.0 Å². The van der Waals surface area contributed by atoms with Gasteiger partial charge >= 0.3 is 0 Å². The van der Waals surface area contributed by atoms with E-state index in [0.29, 0.717) is 20.9 Å². The van der Waals surface area contributed by atoms with Gasteiger partial charge in [-0.1, -0.05) is 54.1 Å². The van der Waals surface area contributed by atoms with E-state index < -0.39 is 0 Å². The highest BCUT2D eigenvalue weighted by atomic mass is 35.5. The van der Waals surface area contributed by atoms with Crippen molar-refractivity contribution in [2.24, 2.45) is 0 Å². The lowest BCUT2D eigenvalue weighted by Gasteiger charge is -2.08. The maximum atomic E-state index is 13.2. The summed E-state index contributed by atoms with van der Waals surface area (Å²) in [7, 11) is 0. The van der Waals surface area contributed by atoms with Crippen molar-refractivity contribution in [3.05, 3.63) is 93.8 Å². The van der Waals surface area contributed by atoms with Crippen LogP contribution in [0.2, 0.25) is 5.02 Å². The van der Waals surface area contributed by atoms with Crippen LogP contribution in [0.1, 0.15) is 0 Å². The summed E-state index contributed by atoms with van der Waals surface area (Å²) < 4.78 is 1.33. The number of nitrogens with zero attached hydrogens (tertiary/aromatic N) is 2. The standard InChI is InChI=1S/C24H16ClN3O2S/c25-18-6-3-7-19(11-18)27-21(29)12-28-14-26-23-22(24(28)30)20(13-31-23)17-9-8-15-4-1-2-5-16(15)10-17/h1-11,13-14H,12H2,(H,27,29). The Hall–Kier alpha value is -3.48. The second kappa shape index (κ2) is 7.98. The monoisotopic (exact) mass is 445 g/mol. The quantitative estimate of drug-likeness (QED) is 0.393. The molecule has 0 saturated heterocycles. The van der Waals surface area contributed by atoms with Crippen molar-refractivity contribution in [1.82, 2.24) is 9.55 Å². The van der Waals surface area contributed by atoms with Crippen LogP contribution in [0.3, 0.4) is 0 Å². The van der Waals surface area contributed by atoms with E-state index in [1.807, 2.05) is 35.7 Å². The number of rotatable bonds is 4. The summed E-state index contributed by atoms with van der Waals surface area (Å²) in [6, 6.07) is 21.1. The molecule has 31 heavy (non-hydrogen) atoms. The summed E-state index contributed by atoms with van der Waals surface area (Å²) in [6.45, 7) is -0.138. The molecule has 2 heterocycles. The number of carbonyl (C=O) groups excluding carboxylic acids is 1. The Bertz CT molecular complexity index is 1510. The molecule has 1 N–H and O–H groups in total. The number of aromatic nitrogens is 2. The summed E-state index contributed by atoms with van der Waals surface area (Å²) in [5.41, 5.74) is 2.11. The van der Waals surface area contributed by atoms with Crippen LogP contribution in [0.15, 0.2) is 83.2 Å². The van der Waals surface area contributed by atoms with Crippen molar-refractivity contribution in [3.8, 4) is 11.1 Å². The highest BCUT2D eigenvalue weighted by Gasteiger charge is 2.15. The fraction of sp³-hybridized carbons (Fsp3) is 0.0417. The van der Waals surface area contributed by atoms with Gasteiger partial charge in [0.25, 0.3) is 5.56 Å². The van der Waals surface area contributed by atoms with E-state index in [0.717, 1.165) is 21.9 Å². The van der Waals surface area contributed by atoms with Gasteiger partial charge < -0.3 is 5.32 Å². The van der Waals surface area contributed by atoms with Crippen LogP contribution in [-0.2, 0) is 11.3 Å². The first-order valence-corrected chi connectivity index (χ1v) is 10.9. The molecule has 0 spiro atoms. The maximum Gasteiger partial charge on any atom is 0.263 e. The van der Waals surface area contributed by atoms with E-state index in [4.69, 9.17) is 11.6 Å². The average molecular weight is 446 g/mol. The van der Waals surface area contributed by atoms with E-state index in [9.17, 15) is 9.59 Å². The molecular formula is C24H16ClN3O2S. The van der Waals surface area contributed by atoms with E-state index >= 15 is 0 Å². The van der Waals surface area contributed by atoms with Gasteiger partial charge in [0.2, 0.25) is 5.91 Å². The Morgan fingerprint density at radius 1 is 1.03 bits per heavy atom. The predicted molar refractivity (Wildman–Crippen MR) is 127 cm³/mol. The smallest absolute Gasteiger partial charge is 0.263 e. The molecular weight excluding hydrogens is 430 g/mol. The molecule has 0 atom stereocenters. The van der Waals surface area contributed by atoms with Crippen molar-refractivity contribution in [2.45, 2.75) is 6.54 Å². The summed E-state index contributed by atoms with van der Waals surface area (Å²) in [6.07, 6.45) is 1.42. The van der Waals surface area contributed by atoms with E-state index in [-0.39, 0.29) is 18.0 Å². The lowest BCUT2D eigenvalue weighted by molar-refractivity contribution is -0.116. The second-order valence-electron chi connectivity index (χ2n) is 7.13. The fourth-order valence-electron chi connectivity index (χ4n) is 3.57. The van der Waals surface area contributed by atoms with Crippen LogP contribution in [0.25, 0.3) is 32.1 Å². The molecule has 3 aromatic carbocycles. The van der Waals surface area contributed by atoms with E-state index in [1.165, 1.54) is 22.2 Å². The number of hydrogen-bond acceptors (Lipinski definition) is 4. The molecule has 5 aromatic rings. The van der Waals surface area contributed by atoms with Crippen LogP contribution in [0.5, 0.6) is 0 Å². The Balaban J connectivity index is 1.50. The van der Waals surface area contributed by atoms with Gasteiger partial charge in [-0.05, 0) is 40.6 Å². The Labute approximate surface area is 186 Å². The van der Waals surface area contributed by atoms with Crippen molar-refractivity contribution in [2.75, 3.05) is 5.32 Å². The zero-order chi connectivity index (χ0) is 21.4. The van der Waals surface area contributed by atoms with Gasteiger partial charge in [0.1, 0.15) is 11.4 Å². The summed E-state index contributed by atoms with van der Waals surface area (Å²) in [4.78, 5) is 30.8. The molecule has 0 aliphatic carbocycles. The van der Waals surface area contributed by atoms with Crippen LogP contribution in [-0.4, -0.2) is 15.5 Å². The lowest BCUT2D eigenvalue weighted by atomic mass is 10.0. The molecule has 0 bridgehead atoms. The largest absolute Gasteiger partial charge is 0.324 e. The van der Waals surface area contributed by atoms with Crippen molar-refractivity contribution in [1.29, 1.82) is 0 Å². The normalized spacial score (nSPS) is 11.1. The maximum absolute atomic E-state index is 13.2. The van der Waals surface area contributed by atoms with Crippen LogP contribution in [0, 0.1) is 0 Å². The summed E-state index contributed by atoms with van der Waals surface area (Å²) in [5, 5.41) is 7.99. The SMILES string of the molecule is O=C(Cn1cnc2scc(-c3ccc4ccccc4c3)c2c1=O)Nc1cccc(Cl)c1. The Morgan fingerprint density at radius 3 is 2.71 bits per heavy atom. The summed E-state index contributed by atoms with van der Waals surface area (Å²) >= 11 is 7.38. The van der Waals surface area contributed by atoms with Gasteiger partial charge in [-0.25, -0.2) is 4.98 Å². The summed E-state index contributed by atoms with van der Waals surface area (Å²) in [5.74, 6) is -0.326. The molecule has 1 amide bonds. The van der Waals surface area contributed by atoms with Crippen LogP contribution in [0.4, 0.5) is 5.69 Å².